The fraction of sp³-hybridized carbons (Fsp3) is 0.143. The van der Waals surface area contributed by atoms with Gasteiger partial charge in [0.15, 0.2) is 6.29 Å². The molecule has 0 saturated heterocycles. The second kappa shape index (κ2) is 4.82. The molecule has 3 rings (SSSR count). The fourth-order valence-corrected chi connectivity index (χ4v) is 1.91. The van der Waals surface area contributed by atoms with E-state index in [0.717, 1.165) is 11.0 Å². The Morgan fingerprint density at radius 2 is 1.75 bits per heavy atom. The van der Waals surface area contributed by atoms with Crippen LogP contribution in [0.3, 0.4) is 0 Å². The Hall–Kier alpha value is -2.60. The molecule has 20 heavy (non-hydrogen) atoms. The van der Waals surface area contributed by atoms with Crippen molar-refractivity contribution in [3.05, 3.63) is 42.5 Å². The predicted octanol–water partition coefficient (Wildman–Crippen LogP) is 1.84. The van der Waals surface area contributed by atoms with Gasteiger partial charge in [-0.05, 0) is 31.2 Å². The zero-order chi connectivity index (χ0) is 14.1. The highest BCUT2D eigenvalue weighted by Crippen LogP contribution is 2.27. The highest BCUT2D eigenvalue weighted by molar-refractivity contribution is 5.73. The number of ether oxygens (including phenoxy) is 1. The van der Waals surface area contributed by atoms with Crippen LogP contribution >= 0.6 is 0 Å². The van der Waals surface area contributed by atoms with E-state index in [1.165, 1.54) is 17.8 Å². The molecular weight excluding hydrogens is 258 g/mol. The predicted molar refractivity (Wildman–Crippen MR) is 72.8 cm³/mol. The first-order valence-electron chi connectivity index (χ1n) is 6.14. The molecule has 0 amide bonds. The van der Waals surface area contributed by atoms with Gasteiger partial charge in [0.1, 0.15) is 28.2 Å². The Bertz CT molecular complexity index is 719. The maximum atomic E-state index is 10.0. The largest absolute Gasteiger partial charge is 0.505 e. The SMILES string of the molecule is CC(O)Oc1ccc(-n2nc3ccccc3n2)c(O)c1. The second-order valence-corrected chi connectivity index (χ2v) is 4.35. The maximum absolute atomic E-state index is 10.0. The first kappa shape index (κ1) is 12.4. The zero-order valence-corrected chi connectivity index (χ0v) is 10.8. The molecule has 6 heteroatoms. The highest BCUT2D eigenvalue weighted by Gasteiger charge is 2.10. The smallest absolute Gasteiger partial charge is 0.194 e. The Morgan fingerprint density at radius 1 is 1.10 bits per heavy atom. The van der Waals surface area contributed by atoms with Crippen molar-refractivity contribution < 1.29 is 14.9 Å². The summed E-state index contributed by atoms with van der Waals surface area (Å²) < 4.78 is 5.09. The number of aromatic hydroxyl groups is 1. The highest BCUT2D eigenvalue weighted by atomic mass is 16.6. The normalized spacial score (nSPS) is 12.5. The Kier molecular flexibility index (Phi) is 3.00. The number of aliphatic hydroxyl groups excluding tert-OH is 1. The molecule has 0 aliphatic rings. The van der Waals surface area contributed by atoms with Crippen LogP contribution in [-0.2, 0) is 0 Å². The lowest BCUT2D eigenvalue weighted by atomic mass is 10.3. The molecule has 1 unspecified atom stereocenters. The van der Waals surface area contributed by atoms with Gasteiger partial charge in [0.2, 0.25) is 0 Å². The van der Waals surface area contributed by atoms with Gasteiger partial charge in [0.05, 0.1) is 0 Å². The van der Waals surface area contributed by atoms with Crippen LogP contribution in [0.4, 0.5) is 0 Å². The number of benzene rings is 2. The summed E-state index contributed by atoms with van der Waals surface area (Å²) in [6, 6.07) is 12.1. The van der Waals surface area contributed by atoms with Gasteiger partial charge in [-0.3, -0.25) is 0 Å². The van der Waals surface area contributed by atoms with Crippen molar-refractivity contribution in [3.63, 3.8) is 0 Å². The molecule has 2 N–H and O–H groups in total. The first-order valence-corrected chi connectivity index (χ1v) is 6.14. The lowest BCUT2D eigenvalue weighted by Gasteiger charge is -2.10. The van der Waals surface area contributed by atoms with Crippen LogP contribution in [0, 0.1) is 0 Å². The molecule has 1 heterocycles. The second-order valence-electron chi connectivity index (χ2n) is 4.35. The minimum atomic E-state index is -0.939. The summed E-state index contributed by atoms with van der Waals surface area (Å²) in [5.41, 5.74) is 1.94. The van der Waals surface area contributed by atoms with Gasteiger partial charge in [0.25, 0.3) is 0 Å². The molecule has 0 aliphatic heterocycles. The monoisotopic (exact) mass is 271 g/mol. The quantitative estimate of drug-likeness (QED) is 0.710. The average molecular weight is 271 g/mol. The number of phenolic OH excluding ortho intramolecular Hbond substituents is 1. The van der Waals surface area contributed by atoms with E-state index >= 15 is 0 Å². The van der Waals surface area contributed by atoms with Crippen LogP contribution in [0.2, 0.25) is 0 Å². The van der Waals surface area contributed by atoms with E-state index in [2.05, 4.69) is 10.2 Å². The number of hydrogen-bond donors (Lipinski definition) is 2. The molecule has 0 saturated carbocycles. The van der Waals surface area contributed by atoms with Gasteiger partial charge in [-0.2, -0.15) is 0 Å². The van der Waals surface area contributed by atoms with Crippen LogP contribution in [0.1, 0.15) is 6.92 Å². The van der Waals surface area contributed by atoms with Gasteiger partial charge in [-0.25, -0.2) is 0 Å². The fourth-order valence-electron chi connectivity index (χ4n) is 1.91. The van der Waals surface area contributed by atoms with Crippen LogP contribution in [0.25, 0.3) is 16.7 Å². The minimum Gasteiger partial charge on any atom is -0.505 e. The van der Waals surface area contributed by atoms with Crippen molar-refractivity contribution in [3.8, 4) is 17.2 Å². The minimum absolute atomic E-state index is 0.0246. The molecule has 102 valence electrons. The van der Waals surface area contributed by atoms with Gasteiger partial charge >= 0.3 is 0 Å². The lowest BCUT2D eigenvalue weighted by Crippen LogP contribution is -2.09. The summed E-state index contributed by atoms with van der Waals surface area (Å²) in [6.45, 7) is 1.49. The van der Waals surface area contributed by atoms with Crippen molar-refractivity contribution in [2.24, 2.45) is 0 Å². The van der Waals surface area contributed by atoms with Gasteiger partial charge in [-0.1, -0.05) is 12.1 Å². The Morgan fingerprint density at radius 3 is 2.30 bits per heavy atom. The van der Waals surface area contributed by atoms with Crippen LogP contribution < -0.4 is 4.74 Å². The first-order chi connectivity index (χ1) is 9.63. The number of hydrogen-bond acceptors (Lipinski definition) is 5. The molecule has 0 fully saturated rings. The van der Waals surface area contributed by atoms with Crippen molar-refractivity contribution in [2.45, 2.75) is 13.2 Å². The van der Waals surface area contributed by atoms with Crippen molar-refractivity contribution >= 4 is 11.0 Å². The standard InChI is InChI=1S/C14H13N3O3/c1-9(18)20-10-6-7-13(14(19)8-10)17-15-11-4-2-3-5-12(11)16-17/h2-9,18-19H,1H3. The van der Waals surface area contributed by atoms with E-state index in [9.17, 15) is 5.11 Å². The third-order valence-electron chi connectivity index (χ3n) is 2.76. The van der Waals surface area contributed by atoms with Crippen molar-refractivity contribution in [1.29, 1.82) is 0 Å². The summed E-state index contributed by atoms with van der Waals surface area (Å²) in [5, 5.41) is 27.7. The van der Waals surface area contributed by atoms with Crippen LogP contribution in [0.5, 0.6) is 11.5 Å². The Labute approximate surface area is 114 Å². The average Bonchev–Trinajstić information content (AvgIpc) is 2.81. The van der Waals surface area contributed by atoms with Crippen molar-refractivity contribution in [1.82, 2.24) is 15.0 Å². The number of nitrogens with zero attached hydrogens (tertiary/aromatic N) is 3. The number of rotatable bonds is 3. The van der Waals surface area contributed by atoms with Gasteiger partial charge < -0.3 is 14.9 Å². The van der Waals surface area contributed by atoms with Gasteiger partial charge in [-0.15, -0.1) is 15.0 Å². The van der Waals surface area contributed by atoms with E-state index in [1.54, 1.807) is 12.1 Å². The molecular formula is C14H13N3O3. The van der Waals surface area contributed by atoms with Crippen LogP contribution in [0.15, 0.2) is 42.5 Å². The van der Waals surface area contributed by atoms with Crippen molar-refractivity contribution in [2.75, 3.05) is 0 Å². The molecule has 1 atom stereocenters. The van der Waals surface area contributed by atoms with E-state index in [-0.39, 0.29) is 5.75 Å². The number of aromatic nitrogens is 3. The molecule has 2 aromatic carbocycles. The third-order valence-corrected chi connectivity index (χ3v) is 2.76. The van der Waals surface area contributed by atoms with Gasteiger partial charge in [0, 0.05) is 6.07 Å². The molecule has 0 bridgehead atoms. The molecule has 3 aromatic rings. The topological polar surface area (TPSA) is 80.4 Å². The molecule has 6 nitrogen and oxygen atoms in total. The number of phenols is 1. The Balaban J connectivity index is 2.01. The molecule has 0 radical (unpaired) electrons. The summed E-state index contributed by atoms with van der Waals surface area (Å²) in [6.07, 6.45) is -0.939. The van der Waals surface area contributed by atoms with E-state index in [1.807, 2.05) is 24.3 Å². The maximum Gasteiger partial charge on any atom is 0.194 e. The van der Waals surface area contributed by atoms with E-state index < -0.39 is 6.29 Å². The number of aliphatic hydroxyl groups is 1. The lowest BCUT2D eigenvalue weighted by molar-refractivity contribution is -0.000398. The summed E-state index contributed by atoms with van der Waals surface area (Å²) in [5.74, 6) is 0.349. The summed E-state index contributed by atoms with van der Waals surface area (Å²) in [7, 11) is 0. The van der Waals surface area contributed by atoms with Crippen LogP contribution in [-0.4, -0.2) is 31.5 Å². The number of fused-ring (bicyclic) bond motifs is 1. The van der Waals surface area contributed by atoms with E-state index in [4.69, 9.17) is 9.84 Å². The molecule has 0 spiro atoms. The van der Waals surface area contributed by atoms with E-state index in [0.29, 0.717) is 11.4 Å². The summed E-state index contributed by atoms with van der Waals surface area (Å²) in [4.78, 5) is 1.37. The zero-order valence-electron chi connectivity index (χ0n) is 10.8. The molecule has 0 aliphatic carbocycles. The summed E-state index contributed by atoms with van der Waals surface area (Å²) >= 11 is 0. The third kappa shape index (κ3) is 2.28. The molecule has 1 aromatic heterocycles.